The van der Waals surface area contributed by atoms with Crippen LogP contribution in [0.15, 0.2) is 42.5 Å². The lowest BCUT2D eigenvalue weighted by Gasteiger charge is -2.33. The van der Waals surface area contributed by atoms with Gasteiger partial charge in [-0.05, 0) is 62.2 Å². The Bertz CT molecular complexity index is 970. The fourth-order valence-corrected chi connectivity index (χ4v) is 3.83. The van der Waals surface area contributed by atoms with Gasteiger partial charge in [-0.3, -0.25) is 9.59 Å². The normalized spacial score (nSPS) is 18.3. The molecular weight excluding hydrogens is 372 g/mol. The molecule has 2 atom stereocenters. The average molecular weight is 394 g/mol. The van der Waals surface area contributed by atoms with Crippen LogP contribution < -0.4 is 15.0 Å². The Morgan fingerprint density at radius 1 is 1.14 bits per heavy atom. The van der Waals surface area contributed by atoms with Crippen LogP contribution in [0.5, 0.6) is 5.75 Å². The first-order chi connectivity index (χ1) is 14.0. The topological polar surface area (TPSA) is 84.9 Å². The molecule has 150 valence electrons. The highest BCUT2D eigenvalue weighted by Gasteiger charge is 2.36. The van der Waals surface area contributed by atoms with E-state index in [1.165, 1.54) is 0 Å². The SMILES string of the molecule is COc1ccc(C(=O)C(C)OC(=O)c2ccc3c(c2)NC(=O)C2CCCN32)cc1. The van der Waals surface area contributed by atoms with Gasteiger partial charge in [0.15, 0.2) is 6.10 Å². The number of hydrogen-bond donors (Lipinski definition) is 1. The third-order valence-corrected chi connectivity index (χ3v) is 5.38. The first kappa shape index (κ1) is 19.0. The first-order valence-corrected chi connectivity index (χ1v) is 9.58. The van der Waals surface area contributed by atoms with E-state index in [-0.39, 0.29) is 23.3 Å². The van der Waals surface area contributed by atoms with Crippen LogP contribution in [0.3, 0.4) is 0 Å². The first-order valence-electron chi connectivity index (χ1n) is 9.58. The minimum absolute atomic E-state index is 0.0523. The fraction of sp³-hybridized carbons (Fsp3) is 0.318. The standard InChI is InChI=1S/C22H22N2O5/c1-13(20(25)14-5-8-16(28-2)9-6-14)29-22(27)15-7-10-18-17(12-15)23-21(26)19-4-3-11-24(18)19/h5-10,12-13,19H,3-4,11H2,1-2H3,(H,23,26). The van der Waals surface area contributed by atoms with Crippen LogP contribution in [0.1, 0.15) is 40.5 Å². The third kappa shape index (κ3) is 3.55. The summed E-state index contributed by atoms with van der Waals surface area (Å²) < 4.78 is 10.4. The molecule has 1 fully saturated rings. The van der Waals surface area contributed by atoms with Gasteiger partial charge in [0.05, 0.1) is 24.0 Å². The second-order valence-electron chi connectivity index (χ2n) is 7.21. The summed E-state index contributed by atoms with van der Waals surface area (Å²) in [5.41, 5.74) is 2.22. The molecule has 0 spiro atoms. The number of nitrogens with one attached hydrogen (secondary N) is 1. The molecule has 2 unspecified atom stereocenters. The van der Waals surface area contributed by atoms with Gasteiger partial charge in [0.25, 0.3) is 0 Å². The van der Waals surface area contributed by atoms with Crippen molar-refractivity contribution in [3.63, 3.8) is 0 Å². The van der Waals surface area contributed by atoms with Crippen LogP contribution >= 0.6 is 0 Å². The lowest BCUT2D eigenvalue weighted by atomic mass is 10.1. The number of anilines is 2. The summed E-state index contributed by atoms with van der Waals surface area (Å²) in [5, 5.41) is 2.87. The van der Waals surface area contributed by atoms with Gasteiger partial charge in [0, 0.05) is 12.1 Å². The van der Waals surface area contributed by atoms with Crippen molar-refractivity contribution >= 4 is 29.0 Å². The number of nitrogens with zero attached hydrogens (tertiary/aromatic N) is 1. The number of hydrogen-bond acceptors (Lipinski definition) is 6. The Morgan fingerprint density at radius 2 is 1.86 bits per heavy atom. The maximum Gasteiger partial charge on any atom is 0.338 e. The Morgan fingerprint density at radius 3 is 2.59 bits per heavy atom. The number of benzene rings is 2. The zero-order valence-electron chi connectivity index (χ0n) is 16.3. The Hall–Kier alpha value is -3.35. The summed E-state index contributed by atoms with van der Waals surface area (Å²) in [6.45, 7) is 2.36. The number of Topliss-reactive ketones (excluding diaryl/α,β-unsaturated/α-hetero) is 1. The van der Waals surface area contributed by atoms with E-state index >= 15 is 0 Å². The Balaban J connectivity index is 1.47. The van der Waals surface area contributed by atoms with Gasteiger partial charge < -0.3 is 19.7 Å². The molecule has 0 radical (unpaired) electrons. The molecule has 0 aromatic heterocycles. The quantitative estimate of drug-likeness (QED) is 0.620. The monoisotopic (exact) mass is 394 g/mol. The second kappa shape index (κ2) is 7.58. The molecule has 7 heteroatoms. The summed E-state index contributed by atoms with van der Waals surface area (Å²) in [4.78, 5) is 39.4. The van der Waals surface area contributed by atoms with Crippen molar-refractivity contribution < 1.29 is 23.9 Å². The van der Waals surface area contributed by atoms with Gasteiger partial charge in [0.1, 0.15) is 11.8 Å². The number of amides is 1. The second-order valence-corrected chi connectivity index (χ2v) is 7.21. The molecule has 1 N–H and O–H groups in total. The van der Waals surface area contributed by atoms with Gasteiger partial charge in [0.2, 0.25) is 11.7 Å². The number of carbonyl (C=O) groups is 3. The molecule has 7 nitrogen and oxygen atoms in total. The zero-order chi connectivity index (χ0) is 20.5. The number of ether oxygens (including phenoxy) is 2. The van der Waals surface area contributed by atoms with Crippen LogP contribution in [-0.2, 0) is 9.53 Å². The number of carbonyl (C=O) groups excluding carboxylic acids is 3. The van der Waals surface area contributed by atoms with Crippen molar-refractivity contribution in [2.24, 2.45) is 0 Å². The van der Waals surface area contributed by atoms with Crippen LogP contribution in [0, 0.1) is 0 Å². The van der Waals surface area contributed by atoms with E-state index in [1.54, 1.807) is 50.4 Å². The molecule has 0 aliphatic carbocycles. The van der Waals surface area contributed by atoms with Crippen LogP contribution in [0.2, 0.25) is 0 Å². The number of ketones is 1. The zero-order valence-corrected chi connectivity index (χ0v) is 16.3. The molecule has 0 saturated carbocycles. The average Bonchev–Trinajstić information content (AvgIpc) is 3.23. The summed E-state index contributed by atoms with van der Waals surface area (Å²) in [6.07, 6.45) is 0.858. The van der Waals surface area contributed by atoms with E-state index in [0.29, 0.717) is 17.0 Å². The molecule has 1 saturated heterocycles. The van der Waals surface area contributed by atoms with Crippen molar-refractivity contribution in [2.75, 3.05) is 23.9 Å². The van der Waals surface area contributed by atoms with E-state index in [9.17, 15) is 14.4 Å². The number of esters is 1. The van der Waals surface area contributed by atoms with E-state index in [2.05, 4.69) is 10.2 Å². The molecule has 4 rings (SSSR count). The van der Waals surface area contributed by atoms with E-state index in [0.717, 1.165) is 25.1 Å². The molecular formula is C22H22N2O5. The summed E-state index contributed by atoms with van der Waals surface area (Å²) >= 11 is 0. The van der Waals surface area contributed by atoms with Crippen LogP contribution in [-0.4, -0.2) is 43.5 Å². The number of rotatable bonds is 5. The maximum atomic E-state index is 12.6. The highest BCUT2D eigenvalue weighted by atomic mass is 16.5. The van der Waals surface area contributed by atoms with Gasteiger partial charge >= 0.3 is 5.97 Å². The molecule has 2 heterocycles. The Labute approximate surface area is 168 Å². The minimum atomic E-state index is -0.940. The lowest BCUT2D eigenvalue weighted by Crippen LogP contribution is -2.43. The smallest absolute Gasteiger partial charge is 0.338 e. The molecule has 0 bridgehead atoms. The maximum absolute atomic E-state index is 12.6. The largest absolute Gasteiger partial charge is 0.497 e. The highest BCUT2D eigenvalue weighted by Crippen LogP contribution is 2.37. The third-order valence-electron chi connectivity index (χ3n) is 5.38. The lowest BCUT2D eigenvalue weighted by molar-refractivity contribution is -0.117. The van der Waals surface area contributed by atoms with Crippen molar-refractivity contribution in [1.82, 2.24) is 0 Å². The summed E-state index contributed by atoms with van der Waals surface area (Å²) in [5.74, 6) is -0.321. The van der Waals surface area contributed by atoms with Gasteiger partial charge in [-0.25, -0.2) is 4.79 Å². The molecule has 2 aromatic carbocycles. The van der Waals surface area contributed by atoms with Gasteiger partial charge in [-0.15, -0.1) is 0 Å². The minimum Gasteiger partial charge on any atom is -0.497 e. The summed E-state index contributed by atoms with van der Waals surface area (Å²) in [7, 11) is 1.55. The van der Waals surface area contributed by atoms with Crippen molar-refractivity contribution in [3.05, 3.63) is 53.6 Å². The van der Waals surface area contributed by atoms with Crippen LogP contribution in [0.4, 0.5) is 11.4 Å². The summed E-state index contributed by atoms with van der Waals surface area (Å²) in [6, 6.07) is 11.6. The van der Waals surface area contributed by atoms with E-state index in [1.807, 2.05) is 6.07 Å². The fourth-order valence-electron chi connectivity index (χ4n) is 3.83. The van der Waals surface area contributed by atoms with Crippen LogP contribution in [0.25, 0.3) is 0 Å². The van der Waals surface area contributed by atoms with Crippen molar-refractivity contribution in [3.8, 4) is 5.75 Å². The molecule has 2 aliphatic heterocycles. The molecule has 29 heavy (non-hydrogen) atoms. The Kier molecular flexibility index (Phi) is 4.96. The van der Waals surface area contributed by atoms with Gasteiger partial charge in [-0.2, -0.15) is 0 Å². The van der Waals surface area contributed by atoms with Crippen molar-refractivity contribution in [2.45, 2.75) is 31.9 Å². The number of fused-ring (bicyclic) bond motifs is 3. The van der Waals surface area contributed by atoms with E-state index < -0.39 is 12.1 Å². The molecule has 1 amide bonds. The predicted octanol–water partition coefficient (Wildman–Crippen LogP) is 3.04. The molecule has 2 aromatic rings. The van der Waals surface area contributed by atoms with Crippen molar-refractivity contribution in [1.29, 1.82) is 0 Å². The number of methoxy groups -OCH3 is 1. The molecule has 2 aliphatic rings. The van der Waals surface area contributed by atoms with E-state index in [4.69, 9.17) is 9.47 Å². The van der Waals surface area contributed by atoms with Gasteiger partial charge in [-0.1, -0.05) is 0 Å². The predicted molar refractivity (Wildman–Crippen MR) is 108 cm³/mol. The highest BCUT2D eigenvalue weighted by molar-refractivity contribution is 6.06.